The van der Waals surface area contributed by atoms with Crippen LogP contribution in [-0.4, -0.2) is 298 Å². The van der Waals surface area contributed by atoms with Gasteiger partial charge in [0, 0.05) is 134 Å². The minimum absolute atomic E-state index is 0.0633. The van der Waals surface area contributed by atoms with Crippen LogP contribution in [0.25, 0.3) is 11.1 Å². The molecule has 13 atom stereocenters. The Hall–Kier alpha value is -8.04. The maximum atomic E-state index is 15.0. The number of anilines is 3. The Balaban J connectivity index is 0.904. The number of aromatic hydroxyl groups is 1. The highest BCUT2D eigenvalue weighted by molar-refractivity contribution is 7.90. The number of benzene rings is 4. The topological polar surface area (TPSA) is 450 Å². The van der Waals surface area contributed by atoms with Crippen molar-refractivity contribution in [1.29, 1.82) is 0 Å². The fraction of sp³-hybridized carbons (Fsp3) is 0.569. The van der Waals surface area contributed by atoms with E-state index in [1.54, 1.807) is 19.2 Å². The number of hydrogen-bond acceptors (Lipinski definition) is 27. The number of ether oxygens (including phenoxy) is 1. The van der Waals surface area contributed by atoms with Crippen molar-refractivity contribution in [2.24, 2.45) is 5.92 Å². The molecule has 33 nitrogen and oxygen atoms in total. The van der Waals surface area contributed by atoms with Crippen LogP contribution in [0.1, 0.15) is 74.7 Å². The molecule has 5 saturated heterocycles. The Bertz CT molecular complexity index is 3520. The highest BCUT2D eigenvalue weighted by atomic mass is 32.2. The second-order valence-electron chi connectivity index (χ2n) is 27.7. The van der Waals surface area contributed by atoms with Crippen LogP contribution in [0.2, 0.25) is 0 Å². The minimum atomic E-state index is -2.16. The number of aliphatic hydroxyl groups excluding tert-OH is 8. The smallest absolute Gasteiger partial charge is 0.261 e. The maximum Gasteiger partial charge on any atom is 0.261 e. The number of aliphatic hydroxyl groups is 8. The van der Waals surface area contributed by atoms with Crippen molar-refractivity contribution in [3.8, 4) is 22.6 Å². The third-order valence-corrected chi connectivity index (χ3v) is 20.6. The molecular weight excluding hydrogens is 1400 g/mol. The molecule has 34 heteroatoms. The summed E-state index contributed by atoms with van der Waals surface area (Å²) in [6, 6.07) is 14.7. The van der Waals surface area contributed by atoms with Gasteiger partial charge in [0.25, 0.3) is 18.2 Å². The number of carbonyl (C=O) groups is 7. The van der Waals surface area contributed by atoms with E-state index in [2.05, 4.69) is 85.1 Å². The number of amides is 7. The molecular formula is C72H102N12O21S. The van der Waals surface area contributed by atoms with Crippen LogP contribution >= 0.6 is 12.3 Å². The first kappa shape index (κ1) is 82.0. The van der Waals surface area contributed by atoms with E-state index in [0.717, 1.165) is 112 Å². The van der Waals surface area contributed by atoms with E-state index in [1.807, 2.05) is 24.3 Å². The molecule has 0 aromatic heterocycles. The summed E-state index contributed by atoms with van der Waals surface area (Å²) in [5, 5.41) is 127. The zero-order chi connectivity index (χ0) is 76.1. The molecule has 0 bridgehead atoms. The molecule has 7 amide bonds. The largest absolute Gasteiger partial charge is 0.504 e. The summed E-state index contributed by atoms with van der Waals surface area (Å²) in [5.74, 6) is -9.50. The quantitative estimate of drug-likeness (QED) is 0.0131. The molecule has 0 saturated carbocycles. The van der Waals surface area contributed by atoms with Gasteiger partial charge in [-0.05, 0) is 117 Å². The monoisotopic (exact) mass is 1500 g/mol. The molecule has 4 aromatic carbocycles. The molecule has 0 spiro atoms. The van der Waals surface area contributed by atoms with Crippen LogP contribution in [0.3, 0.4) is 0 Å². The van der Waals surface area contributed by atoms with E-state index in [-0.39, 0.29) is 42.3 Å². The Morgan fingerprint density at radius 2 is 1.23 bits per heavy atom. The molecule has 5 aliphatic heterocycles. The first-order valence-electron chi connectivity index (χ1n) is 36.0. The van der Waals surface area contributed by atoms with Crippen molar-refractivity contribution < 1.29 is 103 Å². The van der Waals surface area contributed by atoms with Gasteiger partial charge >= 0.3 is 0 Å². The molecule has 0 aliphatic carbocycles. The van der Waals surface area contributed by atoms with Crippen molar-refractivity contribution in [3.63, 3.8) is 0 Å². The molecule has 582 valence electrons. The molecule has 16 N–H and O–H groups in total. The number of unbranched alkanes of at least 4 members (excludes halogenated alkanes) is 3. The third kappa shape index (κ3) is 21.9. The second-order valence-corrected chi connectivity index (χ2v) is 28.2. The van der Waals surface area contributed by atoms with Gasteiger partial charge in [0.05, 0.1) is 55.9 Å². The van der Waals surface area contributed by atoms with Gasteiger partial charge in [-0.1, -0.05) is 59.5 Å². The fourth-order valence-electron chi connectivity index (χ4n) is 14.1. The predicted octanol–water partition coefficient (Wildman–Crippen LogP) is -1.64. The van der Waals surface area contributed by atoms with E-state index in [9.17, 15) is 74.7 Å². The van der Waals surface area contributed by atoms with Gasteiger partial charge in [-0.2, -0.15) is 0 Å². The zero-order valence-electron chi connectivity index (χ0n) is 59.8. The summed E-state index contributed by atoms with van der Waals surface area (Å²) in [7, 11) is 1.75. The number of nitrogens with zero attached hydrogens (tertiary/aromatic N) is 6. The first-order valence-corrected chi connectivity index (χ1v) is 36.7. The molecule has 5 heterocycles. The second kappa shape index (κ2) is 39.7. The highest BCUT2D eigenvalue weighted by Crippen LogP contribution is 2.33. The van der Waals surface area contributed by atoms with Gasteiger partial charge in [-0.15, -0.1) is 0 Å². The minimum Gasteiger partial charge on any atom is -0.504 e. The summed E-state index contributed by atoms with van der Waals surface area (Å²) in [6.45, 7) is 9.15. The van der Waals surface area contributed by atoms with Crippen LogP contribution in [0.15, 0.2) is 91.0 Å². The summed E-state index contributed by atoms with van der Waals surface area (Å²) in [4.78, 5) is 114. The number of carbonyl (C=O) groups excluding carboxylic acids is 7. The number of methoxy groups -OCH3 is 1. The number of nitrogens with one attached hydrogen (secondary N) is 6. The average Bonchev–Trinajstić information content (AvgIpc) is 1.60. The molecule has 0 unspecified atom stereocenters. The van der Waals surface area contributed by atoms with Gasteiger partial charge in [0.2, 0.25) is 35.4 Å². The van der Waals surface area contributed by atoms with Gasteiger partial charge in [-0.25, -0.2) is 5.26 Å². The lowest BCUT2D eigenvalue weighted by Gasteiger charge is -2.38. The molecule has 106 heavy (non-hydrogen) atoms. The molecule has 4 aromatic rings. The lowest BCUT2D eigenvalue weighted by atomic mass is 9.98. The van der Waals surface area contributed by atoms with E-state index >= 15 is 4.79 Å². The van der Waals surface area contributed by atoms with Crippen LogP contribution in [0, 0.1) is 5.92 Å². The van der Waals surface area contributed by atoms with Crippen LogP contribution in [-0.2, 0) is 49.3 Å². The van der Waals surface area contributed by atoms with Gasteiger partial charge in [-0.3, -0.25) is 38.5 Å². The molecule has 5 fully saturated rings. The molecule has 5 aliphatic rings. The Morgan fingerprint density at radius 1 is 0.651 bits per heavy atom. The number of fused-ring (bicyclic) bond motifs is 2. The number of phenolic OH excluding ortho intramolecular Hbond substituents is 1. The number of piperazine rings is 2. The Labute approximate surface area is 619 Å². The molecule has 9 rings (SSSR count). The highest BCUT2D eigenvalue weighted by Gasteiger charge is 2.50. The summed E-state index contributed by atoms with van der Waals surface area (Å²) < 4.78 is 14.6. The number of hydrogen-bond donors (Lipinski definition) is 16. The third-order valence-electron chi connectivity index (χ3n) is 20.2. The SMILES string of the molecule is COCCCCCCN1CCN(c2ccc(N3CCN(c4ccc(-c5ccc(C(=O)N[C@H]6C[C@@H](O)CNC(=O)[C@@H]7[C@@H](O)[C@@H](C)CN7C(=O)[C@H]([C@H](O)CCNC(CO)CO)NC(=O)[C@H]([C@H](O)Cc7ccc(O)c(OSOOO)c7)NC(=O)[C@@H]7C[C@@H](O)CN7C(=O)[C@H]([C@@H](C)O)NC6=O)cc5)cc4)CC3)cc2)CC1. The number of phenols is 1. The fourth-order valence-corrected chi connectivity index (χ4v) is 14.3. The zero-order valence-corrected chi connectivity index (χ0v) is 60.6. The summed E-state index contributed by atoms with van der Waals surface area (Å²) >= 11 is 0.0710. The Morgan fingerprint density at radius 3 is 1.83 bits per heavy atom. The van der Waals surface area contributed by atoms with Gasteiger partial charge < -0.3 is 111 Å². The molecule has 0 radical (unpaired) electrons. The van der Waals surface area contributed by atoms with Crippen molar-refractivity contribution >= 4 is 70.7 Å². The lowest BCUT2D eigenvalue weighted by molar-refractivity contribution is -0.433. The maximum absolute atomic E-state index is 15.0. The van der Waals surface area contributed by atoms with Crippen LogP contribution in [0.4, 0.5) is 17.1 Å². The summed E-state index contributed by atoms with van der Waals surface area (Å²) in [6.07, 6.45) is -7.82. The van der Waals surface area contributed by atoms with Crippen LogP contribution in [0.5, 0.6) is 11.5 Å². The van der Waals surface area contributed by atoms with Crippen molar-refractivity contribution in [1.82, 2.24) is 46.6 Å². The van der Waals surface area contributed by atoms with Crippen LogP contribution < -0.4 is 50.8 Å². The number of rotatable bonds is 28. The summed E-state index contributed by atoms with van der Waals surface area (Å²) in [5.41, 5.74) is 5.25. The van der Waals surface area contributed by atoms with Gasteiger partial charge in [0.15, 0.2) is 11.5 Å². The van der Waals surface area contributed by atoms with Gasteiger partial charge in [0.1, 0.15) is 36.3 Å². The normalized spacial score (nSPS) is 25.0. The first-order chi connectivity index (χ1) is 51.0. The van der Waals surface area contributed by atoms with Crippen molar-refractivity contribution in [3.05, 3.63) is 102 Å². The van der Waals surface area contributed by atoms with E-state index in [0.29, 0.717) is 0 Å². The van der Waals surface area contributed by atoms with E-state index in [4.69, 9.17) is 14.2 Å². The lowest BCUT2D eigenvalue weighted by Crippen LogP contribution is -2.64. The predicted molar refractivity (Wildman–Crippen MR) is 388 cm³/mol. The number of β-amino-alcohol motifs (C(OH)–C–C–N with tert-alkyl or cyclic N) is 1. The Kier molecular flexibility index (Phi) is 30.7. The standard InChI is InChI=1S/C72H102N12O21S/c1-43-39-84-64(65(43)93)70(98)74-38-53(88)36-55(75-66(94)48-11-9-46(10-12-48)47-13-15-50(16-14-47)81-29-31-82(32-30-81)52-19-17-51(18-20-52)80-27-25-79(26-28-80)24-6-4-5-7-33-102-3)67(95)76-61(44(2)87)71(99)83-40-54(89)37-56(83)68(96)77-62(59(92)34-45-8-21-57(90)60(35-45)103-106-105-104-101)69(97)78-63(72(84)100)58(91)22-23-73-49(41-85)42-86/h8-21,35,43-44,49,53-56,58-59,61-65,73,85-93,101H,4-7,22-34,36-42H2,1-3H3,(H,74,98)(H,75,94)(H,76,95)(H,77,96)(H,78,97)/t43-,44+,53+,54+,55-,56-,58+,59+,61-,62-,63-,64-,65-/m0/s1. The van der Waals surface area contributed by atoms with Crippen molar-refractivity contribution in [2.45, 2.75) is 144 Å². The van der Waals surface area contributed by atoms with E-state index in [1.165, 1.54) is 61.8 Å². The average molecular weight is 1500 g/mol. The van der Waals surface area contributed by atoms with Crippen molar-refractivity contribution in [2.75, 3.05) is 127 Å². The van der Waals surface area contributed by atoms with E-state index < -0.39 is 184 Å².